The second kappa shape index (κ2) is 2.83. The van der Waals surface area contributed by atoms with Crippen molar-refractivity contribution < 1.29 is 0 Å². The van der Waals surface area contributed by atoms with Crippen LogP contribution in [-0.4, -0.2) is 14.8 Å². The molecule has 0 saturated carbocycles. The van der Waals surface area contributed by atoms with Crippen molar-refractivity contribution in [3.8, 4) is 0 Å². The fraction of sp³-hybridized carbons (Fsp3) is 0.200. The van der Waals surface area contributed by atoms with E-state index in [-0.39, 0.29) is 0 Å². The number of hydrogen-bond donors (Lipinski definition) is 1. The van der Waals surface area contributed by atoms with Crippen LogP contribution in [0.15, 0.2) is 30.6 Å². The molecular weight excluding hydrogens is 176 g/mol. The molecule has 0 aliphatic carbocycles. The number of rotatable bonds is 0. The summed E-state index contributed by atoms with van der Waals surface area (Å²) in [5.41, 5.74) is 2.48. The monoisotopic (exact) mass is 186 g/mol. The van der Waals surface area contributed by atoms with Crippen LogP contribution in [0.3, 0.4) is 0 Å². The lowest BCUT2D eigenvalue weighted by molar-refractivity contribution is 0.754. The Balaban J connectivity index is 2.10. The highest BCUT2D eigenvalue weighted by Crippen LogP contribution is 2.20. The van der Waals surface area contributed by atoms with Crippen LogP contribution >= 0.6 is 0 Å². The van der Waals surface area contributed by atoms with Gasteiger partial charge in [-0.2, -0.15) is 0 Å². The maximum Gasteiger partial charge on any atom is 0.152 e. The van der Waals surface area contributed by atoms with Crippen molar-refractivity contribution in [2.24, 2.45) is 0 Å². The number of nitrogens with zero attached hydrogens (tertiary/aromatic N) is 3. The standard InChI is InChI=1S/C10H10N4/c1-2-4-9-8(3-1)6-14-7-12-13-10(14)5-11-9/h1-4,7,11H,5-6H2. The first-order valence-corrected chi connectivity index (χ1v) is 4.62. The molecule has 3 rings (SSSR count). The van der Waals surface area contributed by atoms with Crippen molar-refractivity contribution in [2.45, 2.75) is 13.1 Å². The number of nitrogens with one attached hydrogen (secondary N) is 1. The van der Waals surface area contributed by atoms with E-state index < -0.39 is 0 Å². The summed E-state index contributed by atoms with van der Waals surface area (Å²) in [6.45, 7) is 1.60. The Bertz CT molecular complexity index is 461. The second-order valence-electron chi connectivity index (χ2n) is 3.39. The first kappa shape index (κ1) is 7.55. The van der Waals surface area contributed by atoms with Gasteiger partial charge in [0.1, 0.15) is 6.33 Å². The van der Waals surface area contributed by atoms with E-state index in [1.807, 2.05) is 6.07 Å². The quantitative estimate of drug-likeness (QED) is 0.673. The summed E-state index contributed by atoms with van der Waals surface area (Å²) in [5.74, 6) is 0.987. The van der Waals surface area contributed by atoms with Crippen LogP contribution in [0.25, 0.3) is 0 Å². The van der Waals surface area contributed by atoms with E-state index in [0.29, 0.717) is 0 Å². The van der Waals surface area contributed by atoms with Crippen molar-refractivity contribution in [3.63, 3.8) is 0 Å². The highest BCUT2D eigenvalue weighted by molar-refractivity contribution is 5.52. The van der Waals surface area contributed by atoms with Crippen LogP contribution in [-0.2, 0) is 13.1 Å². The number of anilines is 1. The molecule has 0 saturated heterocycles. The van der Waals surface area contributed by atoms with Crippen molar-refractivity contribution in [2.75, 3.05) is 5.32 Å². The van der Waals surface area contributed by atoms with Gasteiger partial charge < -0.3 is 9.88 Å². The molecule has 2 heterocycles. The van der Waals surface area contributed by atoms with Crippen LogP contribution in [0, 0.1) is 0 Å². The largest absolute Gasteiger partial charge is 0.377 e. The Morgan fingerprint density at radius 1 is 1.29 bits per heavy atom. The predicted molar refractivity (Wildman–Crippen MR) is 52.9 cm³/mol. The van der Waals surface area contributed by atoms with Gasteiger partial charge in [0.2, 0.25) is 0 Å². The summed E-state index contributed by atoms with van der Waals surface area (Å²) in [6.07, 6.45) is 1.78. The maximum atomic E-state index is 4.05. The van der Waals surface area contributed by atoms with Crippen LogP contribution in [0.5, 0.6) is 0 Å². The molecule has 4 heteroatoms. The zero-order valence-corrected chi connectivity index (χ0v) is 7.64. The van der Waals surface area contributed by atoms with Crippen molar-refractivity contribution in [1.29, 1.82) is 0 Å². The lowest BCUT2D eigenvalue weighted by atomic mass is 10.2. The number of hydrogen-bond acceptors (Lipinski definition) is 3. The van der Waals surface area contributed by atoms with Crippen LogP contribution in [0.4, 0.5) is 5.69 Å². The van der Waals surface area contributed by atoms with E-state index >= 15 is 0 Å². The molecule has 0 radical (unpaired) electrons. The van der Waals surface area contributed by atoms with Gasteiger partial charge in [-0.3, -0.25) is 0 Å². The molecule has 70 valence electrons. The molecule has 0 amide bonds. The highest BCUT2D eigenvalue weighted by atomic mass is 15.3. The Hall–Kier alpha value is -1.84. The fourth-order valence-electron chi connectivity index (χ4n) is 1.74. The maximum absolute atomic E-state index is 4.05. The molecule has 0 bridgehead atoms. The average Bonchev–Trinajstić information content (AvgIpc) is 2.58. The lowest BCUT2D eigenvalue weighted by Gasteiger charge is -2.05. The summed E-state index contributed by atoms with van der Waals surface area (Å²) in [6, 6.07) is 8.31. The molecule has 4 nitrogen and oxygen atoms in total. The first-order valence-electron chi connectivity index (χ1n) is 4.62. The zero-order valence-electron chi connectivity index (χ0n) is 7.64. The number of benzene rings is 1. The third kappa shape index (κ3) is 1.08. The van der Waals surface area contributed by atoms with Gasteiger partial charge in [-0.05, 0) is 11.6 Å². The molecule has 1 aliphatic rings. The number of fused-ring (bicyclic) bond motifs is 2. The molecule has 2 aromatic rings. The van der Waals surface area contributed by atoms with E-state index in [4.69, 9.17) is 0 Å². The van der Waals surface area contributed by atoms with E-state index in [0.717, 1.165) is 18.9 Å². The third-order valence-corrected chi connectivity index (χ3v) is 2.49. The Morgan fingerprint density at radius 3 is 3.21 bits per heavy atom. The van der Waals surface area contributed by atoms with E-state index in [1.54, 1.807) is 6.33 Å². The topological polar surface area (TPSA) is 42.7 Å². The summed E-state index contributed by atoms with van der Waals surface area (Å²) >= 11 is 0. The zero-order chi connectivity index (χ0) is 9.38. The van der Waals surface area contributed by atoms with Gasteiger partial charge in [0.15, 0.2) is 5.82 Å². The van der Waals surface area contributed by atoms with Crippen LogP contribution in [0.2, 0.25) is 0 Å². The minimum Gasteiger partial charge on any atom is -0.377 e. The smallest absolute Gasteiger partial charge is 0.152 e. The average molecular weight is 186 g/mol. The van der Waals surface area contributed by atoms with Crippen molar-refractivity contribution in [3.05, 3.63) is 42.0 Å². The van der Waals surface area contributed by atoms with Gasteiger partial charge in [-0.15, -0.1) is 10.2 Å². The molecule has 0 fully saturated rings. The van der Waals surface area contributed by atoms with Gasteiger partial charge in [-0.25, -0.2) is 0 Å². The summed E-state index contributed by atoms with van der Waals surface area (Å²) in [4.78, 5) is 0. The van der Waals surface area contributed by atoms with E-state index in [1.165, 1.54) is 11.3 Å². The molecule has 1 aliphatic heterocycles. The SMILES string of the molecule is c1ccc2c(c1)Cn1cnnc1CN2. The lowest BCUT2D eigenvalue weighted by Crippen LogP contribution is -2.02. The van der Waals surface area contributed by atoms with Gasteiger partial charge in [0, 0.05) is 5.69 Å². The van der Waals surface area contributed by atoms with Gasteiger partial charge in [-0.1, -0.05) is 18.2 Å². The number of para-hydroxylation sites is 1. The molecule has 0 spiro atoms. The molecule has 1 aromatic carbocycles. The fourth-order valence-corrected chi connectivity index (χ4v) is 1.74. The van der Waals surface area contributed by atoms with Gasteiger partial charge in [0.25, 0.3) is 0 Å². The van der Waals surface area contributed by atoms with Gasteiger partial charge in [0.05, 0.1) is 13.1 Å². The van der Waals surface area contributed by atoms with Crippen molar-refractivity contribution >= 4 is 5.69 Å². The molecule has 1 N–H and O–H groups in total. The summed E-state index contributed by atoms with van der Waals surface area (Å²) in [7, 11) is 0. The molecule has 1 aromatic heterocycles. The molecular formula is C10H10N4. The summed E-state index contributed by atoms with van der Waals surface area (Å²) < 4.78 is 2.07. The van der Waals surface area contributed by atoms with E-state index in [2.05, 4.69) is 38.3 Å². The summed E-state index contributed by atoms with van der Waals surface area (Å²) in [5, 5.41) is 11.3. The Labute approximate surface area is 81.6 Å². The van der Waals surface area contributed by atoms with Crippen molar-refractivity contribution in [1.82, 2.24) is 14.8 Å². The van der Waals surface area contributed by atoms with Crippen LogP contribution in [0.1, 0.15) is 11.4 Å². The predicted octanol–water partition coefficient (Wildman–Crippen LogP) is 1.25. The minimum absolute atomic E-state index is 0.747. The minimum atomic E-state index is 0.747. The first-order chi connectivity index (χ1) is 6.93. The Morgan fingerprint density at radius 2 is 2.21 bits per heavy atom. The third-order valence-electron chi connectivity index (χ3n) is 2.49. The molecule has 14 heavy (non-hydrogen) atoms. The van der Waals surface area contributed by atoms with E-state index in [9.17, 15) is 0 Å². The second-order valence-corrected chi connectivity index (χ2v) is 3.39. The van der Waals surface area contributed by atoms with Crippen LogP contribution < -0.4 is 5.32 Å². The van der Waals surface area contributed by atoms with Gasteiger partial charge >= 0.3 is 0 Å². The Kier molecular flexibility index (Phi) is 1.53. The number of aromatic nitrogens is 3. The normalized spacial score (nSPS) is 13.7. The highest BCUT2D eigenvalue weighted by Gasteiger charge is 2.11. The molecule has 0 unspecified atom stereocenters. The molecule has 0 atom stereocenters.